The Morgan fingerprint density at radius 1 is 1.33 bits per heavy atom. The van der Waals surface area contributed by atoms with E-state index in [0.29, 0.717) is 12.5 Å². The predicted molar refractivity (Wildman–Crippen MR) is 85.0 cm³/mol. The SMILES string of the molecule is CCNCCCOc1ccc2ncc(-c3ccsc3)n2n1. The number of nitrogens with zero attached hydrogens (tertiary/aromatic N) is 3. The van der Waals surface area contributed by atoms with E-state index in [1.165, 1.54) is 0 Å². The number of aromatic nitrogens is 3. The highest BCUT2D eigenvalue weighted by molar-refractivity contribution is 7.08. The van der Waals surface area contributed by atoms with Gasteiger partial charge in [0.1, 0.15) is 0 Å². The van der Waals surface area contributed by atoms with Crippen LogP contribution in [0.25, 0.3) is 16.9 Å². The summed E-state index contributed by atoms with van der Waals surface area (Å²) in [6.07, 6.45) is 2.81. The van der Waals surface area contributed by atoms with Crippen molar-refractivity contribution in [1.29, 1.82) is 0 Å². The molecule has 0 spiro atoms. The molecule has 0 aliphatic heterocycles. The monoisotopic (exact) mass is 302 g/mol. The minimum absolute atomic E-state index is 0.633. The molecule has 21 heavy (non-hydrogen) atoms. The fraction of sp³-hybridized carbons (Fsp3) is 0.333. The van der Waals surface area contributed by atoms with Crippen LogP contribution in [0.3, 0.4) is 0 Å². The summed E-state index contributed by atoms with van der Waals surface area (Å²) in [5.74, 6) is 0.633. The number of thiophene rings is 1. The molecule has 0 aliphatic carbocycles. The number of hydrogen-bond donors (Lipinski definition) is 1. The van der Waals surface area contributed by atoms with Crippen molar-refractivity contribution in [1.82, 2.24) is 19.9 Å². The van der Waals surface area contributed by atoms with Gasteiger partial charge in [-0.1, -0.05) is 6.92 Å². The van der Waals surface area contributed by atoms with E-state index >= 15 is 0 Å². The van der Waals surface area contributed by atoms with Crippen LogP contribution in [0.1, 0.15) is 13.3 Å². The van der Waals surface area contributed by atoms with Crippen molar-refractivity contribution < 1.29 is 4.74 Å². The van der Waals surface area contributed by atoms with Gasteiger partial charge >= 0.3 is 0 Å². The maximum atomic E-state index is 5.71. The van der Waals surface area contributed by atoms with E-state index in [9.17, 15) is 0 Å². The molecule has 0 bridgehead atoms. The number of nitrogens with one attached hydrogen (secondary N) is 1. The van der Waals surface area contributed by atoms with Crippen LogP contribution in [-0.2, 0) is 0 Å². The molecule has 6 heteroatoms. The molecule has 110 valence electrons. The smallest absolute Gasteiger partial charge is 0.231 e. The average molecular weight is 302 g/mol. The van der Waals surface area contributed by atoms with E-state index < -0.39 is 0 Å². The topological polar surface area (TPSA) is 51.5 Å². The Balaban J connectivity index is 1.74. The Morgan fingerprint density at radius 3 is 3.10 bits per heavy atom. The van der Waals surface area contributed by atoms with Gasteiger partial charge in [-0.05, 0) is 37.0 Å². The Bertz CT molecular complexity index is 693. The summed E-state index contributed by atoms with van der Waals surface area (Å²) in [6.45, 7) is 4.71. The lowest BCUT2D eigenvalue weighted by Crippen LogP contribution is -2.16. The van der Waals surface area contributed by atoms with E-state index in [-0.39, 0.29) is 0 Å². The standard InChI is InChI=1S/C15H18N4OS/c1-2-16-7-3-8-20-15-5-4-14-17-10-13(19(14)18-15)12-6-9-21-11-12/h4-6,9-11,16H,2-3,7-8H2,1H3. The fourth-order valence-corrected chi connectivity index (χ4v) is 2.74. The first kappa shape index (κ1) is 14.0. The van der Waals surface area contributed by atoms with E-state index in [1.54, 1.807) is 11.3 Å². The molecule has 1 N–H and O–H groups in total. The summed E-state index contributed by atoms with van der Waals surface area (Å²) in [5, 5.41) is 11.9. The van der Waals surface area contributed by atoms with Gasteiger partial charge in [-0.3, -0.25) is 0 Å². The zero-order chi connectivity index (χ0) is 14.5. The minimum atomic E-state index is 0.633. The molecular formula is C15H18N4OS. The van der Waals surface area contributed by atoms with Gasteiger partial charge in [0.25, 0.3) is 0 Å². The molecule has 5 nitrogen and oxygen atoms in total. The van der Waals surface area contributed by atoms with Crippen molar-refractivity contribution in [2.24, 2.45) is 0 Å². The summed E-state index contributed by atoms with van der Waals surface area (Å²) in [6, 6.07) is 5.87. The van der Waals surface area contributed by atoms with E-state index in [4.69, 9.17) is 4.74 Å². The van der Waals surface area contributed by atoms with Crippen molar-refractivity contribution in [3.8, 4) is 17.1 Å². The van der Waals surface area contributed by atoms with Gasteiger partial charge in [0.15, 0.2) is 5.65 Å². The van der Waals surface area contributed by atoms with Crippen molar-refractivity contribution >= 4 is 17.0 Å². The average Bonchev–Trinajstić information content (AvgIpc) is 3.15. The summed E-state index contributed by atoms with van der Waals surface area (Å²) >= 11 is 1.66. The highest BCUT2D eigenvalue weighted by Crippen LogP contribution is 2.23. The normalized spacial score (nSPS) is 11.1. The number of rotatable bonds is 7. The third-order valence-corrected chi connectivity index (χ3v) is 3.84. The molecule has 3 rings (SSSR count). The maximum absolute atomic E-state index is 5.71. The zero-order valence-electron chi connectivity index (χ0n) is 12.0. The number of fused-ring (bicyclic) bond motifs is 1. The Hall–Kier alpha value is -1.92. The van der Waals surface area contributed by atoms with Crippen LogP contribution < -0.4 is 10.1 Å². The second-order valence-corrected chi connectivity index (χ2v) is 5.43. The first-order valence-electron chi connectivity index (χ1n) is 7.09. The summed E-state index contributed by atoms with van der Waals surface area (Å²) in [5.41, 5.74) is 2.95. The van der Waals surface area contributed by atoms with Gasteiger partial charge in [-0.25, -0.2) is 9.50 Å². The molecule has 0 unspecified atom stereocenters. The van der Waals surface area contributed by atoms with Gasteiger partial charge in [-0.2, -0.15) is 11.3 Å². The molecular weight excluding hydrogens is 284 g/mol. The summed E-state index contributed by atoms with van der Waals surface area (Å²) in [4.78, 5) is 4.38. The van der Waals surface area contributed by atoms with Crippen molar-refractivity contribution in [3.63, 3.8) is 0 Å². The van der Waals surface area contributed by atoms with Gasteiger partial charge in [0.05, 0.1) is 18.5 Å². The third-order valence-electron chi connectivity index (χ3n) is 3.15. The van der Waals surface area contributed by atoms with Crippen LogP contribution in [0, 0.1) is 0 Å². The van der Waals surface area contributed by atoms with Gasteiger partial charge < -0.3 is 10.1 Å². The second-order valence-electron chi connectivity index (χ2n) is 4.65. The van der Waals surface area contributed by atoms with Gasteiger partial charge in [0.2, 0.25) is 5.88 Å². The van der Waals surface area contributed by atoms with Gasteiger partial charge in [-0.15, -0.1) is 5.10 Å². The summed E-state index contributed by atoms with van der Waals surface area (Å²) < 4.78 is 7.54. The Kier molecular flexibility index (Phi) is 4.47. The van der Waals surface area contributed by atoms with Crippen molar-refractivity contribution in [2.75, 3.05) is 19.7 Å². The quantitative estimate of drug-likeness (QED) is 0.682. The van der Waals surface area contributed by atoms with Crippen LogP contribution in [0.2, 0.25) is 0 Å². The van der Waals surface area contributed by atoms with E-state index in [2.05, 4.69) is 39.1 Å². The lowest BCUT2D eigenvalue weighted by Gasteiger charge is -2.06. The minimum Gasteiger partial charge on any atom is -0.477 e. The molecule has 0 saturated carbocycles. The maximum Gasteiger partial charge on any atom is 0.231 e. The summed E-state index contributed by atoms with van der Waals surface area (Å²) in [7, 11) is 0. The van der Waals surface area contributed by atoms with Crippen molar-refractivity contribution in [3.05, 3.63) is 35.2 Å². The largest absolute Gasteiger partial charge is 0.477 e. The molecule has 0 fully saturated rings. The van der Waals surface area contributed by atoms with Crippen LogP contribution in [-0.4, -0.2) is 34.3 Å². The van der Waals surface area contributed by atoms with Gasteiger partial charge in [0, 0.05) is 17.0 Å². The molecule has 3 aromatic heterocycles. The molecule has 0 amide bonds. The molecule has 0 aliphatic rings. The Morgan fingerprint density at radius 2 is 2.29 bits per heavy atom. The first-order chi connectivity index (χ1) is 10.4. The lowest BCUT2D eigenvalue weighted by molar-refractivity contribution is 0.293. The van der Waals surface area contributed by atoms with E-state index in [1.807, 2.05) is 22.8 Å². The molecule has 3 heterocycles. The molecule has 0 radical (unpaired) electrons. The highest BCUT2D eigenvalue weighted by Gasteiger charge is 2.08. The van der Waals surface area contributed by atoms with Crippen LogP contribution in [0.15, 0.2) is 35.2 Å². The number of ether oxygens (including phenoxy) is 1. The molecule has 0 atom stereocenters. The first-order valence-corrected chi connectivity index (χ1v) is 8.03. The molecule has 3 aromatic rings. The number of hydrogen-bond acceptors (Lipinski definition) is 5. The highest BCUT2D eigenvalue weighted by atomic mass is 32.1. The molecule has 0 aromatic carbocycles. The van der Waals surface area contributed by atoms with Crippen LogP contribution in [0.5, 0.6) is 5.88 Å². The van der Waals surface area contributed by atoms with Crippen LogP contribution >= 0.6 is 11.3 Å². The second kappa shape index (κ2) is 6.69. The van der Waals surface area contributed by atoms with Crippen LogP contribution in [0.4, 0.5) is 0 Å². The zero-order valence-corrected chi connectivity index (χ0v) is 12.8. The van der Waals surface area contributed by atoms with E-state index in [0.717, 1.165) is 36.4 Å². The fourth-order valence-electron chi connectivity index (χ4n) is 2.09. The molecule has 0 saturated heterocycles. The predicted octanol–water partition coefficient (Wildman–Crippen LogP) is 2.84. The Labute approximate surface area is 127 Å². The number of imidazole rings is 1. The van der Waals surface area contributed by atoms with Crippen molar-refractivity contribution in [2.45, 2.75) is 13.3 Å². The lowest BCUT2D eigenvalue weighted by atomic mass is 10.3. The third kappa shape index (κ3) is 3.22.